The van der Waals surface area contributed by atoms with Gasteiger partial charge in [0.15, 0.2) is 0 Å². The second kappa shape index (κ2) is 6.44. The van der Waals surface area contributed by atoms with Crippen molar-refractivity contribution in [1.29, 1.82) is 0 Å². The molecule has 0 aliphatic rings. The lowest BCUT2D eigenvalue weighted by Crippen LogP contribution is -2.34. The van der Waals surface area contributed by atoms with E-state index in [1.165, 1.54) is 26.2 Å². The highest BCUT2D eigenvalue weighted by molar-refractivity contribution is 7.89. The predicted molar refractivity (Wildman–Crippen MR) is 71.0 cm³/mol. The van der Waals surface area contributed by atoms with Crippen molar-refractivity contribution in [2.75, 3.05) is 26.4 Å². The van der Waals surface area contributed by atoms with E-state index in [-0.39, 0.29) is 23.6 Å². The van der Waals surface area contributed by atoms with Gasteiger partial charge in [-0.05, 0) is 12.1 Å². The first kappa shape index (κ1) is 16.1. The van der Waals surface area contributed by atoms with Gasteiger partial charge in [-0.3, -0.25) is 9.78 Å². The maximum Gasteiger partial charge on any atom is 0.337 e. The van der Waals surface area contributed by atoms with Crippen LogP contribution in [0.4, 0.5) is 0 Å². The second-order valence-electron chi connectivity index (χ2n) is 4.09. The van der Waals surface area contributed by atoms with Gasteiger partial charge in [0, 0.05) is 26.8 Å². The van der Waals surface area contributed by atoms with E-state index in [0.29, 0.717) is 0 Å². The largest absolute Gasteiger partial charge is 0.478 e. The van der Waals surface area contributed by atoms with Gasteiger partial charge in [-0.2, -0.15) is 0 Å². The van der Waals surface area contributed by atoms with Crippen molar-refractivity contribution >= 4 is 21.9 Å². The molecule has 110 valence electrons. The molecule has 2 N–H and O–H groups in total. The average Bonchev–Trinajstić information content (AvgIpc) is 2.38. The van der Waals surface area contributed by atoms with Gasteiger partial charge in [-0.15, -0.1) is 0 Å². The lowest BCUT2D eigenvalue weighted by molar-refractivity contribution is 0.0695. The summed E-state index contributed by atoms with van der Waals surface area (Å²) in [6, 6.07) is 2.51. The number of carboxylic acids is 1. The molecule has 8 nitrogen and oxygen atoms in total. The van der Waals surface area contributed by atoms with Gasteiger partial charge >= 0.3 is 5.97 Å². The molecule has 0 spiro atoms. The number of nitrogens with zero attached hydrogens (tertiary/aromatic N) is 2. The van der Waals surface area contributed by atoms with Gasteiger partial charge in [0.2, 0.25) is 10.0 Å². The van der Waals surface area contributed by atoms with Crippen LogP contribution in [-0.2, 0) is 10.0 Å². The Balaban J connectivity index is 2.58. The van der Waals surface area contributed by atoms with Crippen molar-refractivity contribution in [3.63, 3.8) is 0 Å². The Hall–Kier alpha value is -2.00. The summed E-state index contributed by atoms with van der Waals surface area (Å²) in [5.41, 5.74) is -0.00557. The standard InChI is InChI=1S/C11H15N3O5S/c1-14(2)20(18,19)6-5-12-10(15)9-4-3-8(7-13-9)11(16)17/h3-4,7H,5-6H2,1-2H3,(H,12,15)(H,16,17). The SMILES string of the molecule is CN(C)S(=O)(=O)CCNC(=O)c1ccc(C(=O)O)cn1. The fourth-order valence-corrected chi connectivity index (χ4v) is 1.95. The van der Waals surface area contributed by atoms with Gasteiger partial charge in [-0.25, -0.2) is 17.5 Å². The Bertz CT molecular complexity index is 595. The fourth-order valence-electron chi connectivity index (χ4n) is 1.22. The first-order valence-corrected chi connectivity index (χ1v) is 7.22. The Morgan fingerprint density at radius 1 is 1.35 bits per heavy atom. The van der Waals surface area contributed by atoms with Crippen LogP contribution < -0.4 is 5.32 Å². The van der Waals surface area contributed by atoms with Crippen molar-refractivity contribution in [1.82, 2.24) is 14.6 Å². The summed E-state index contributed by atoms with van der Waals surface area (Å²) >= 11 is 0. The molecule has 1 aromatic rings. The third-order valence-electron chi connectivity index (χ3n) is 2.44. The number of hydrogen-bond acceptors (Lipinski definition) is 5. The number of sulfonamides is 1. The van der Waals surface area contributed by atoms with Crippen LogP contribution >= 0.6 is 0 Å². The van der Waals surface area contributed by atoms with Crippen LogP contribution in [0.25, 0.3) is 0 Å². The summed E-state index contributed by atoms with van der Waals surface area (Å²) in [4.78, 5) is 26.0. The Labute approximate surface area is 116 Å². The maximum atomic E-state index is 11.7. The van der Waals surface area contributed by atoms with Gasteiger partial charge < -0.3 is 10.4 Å². The molecular formula is C11H15N3O5S. The number of pyridine rings is 1. The minimum atomic E-state index is -3.37. The smallest absolute Gasteiger partial charge is 0.337 e. The highest BCUT2D eigenvalue weighted by atomic mass is 32.2. The lowest BCUT2D eigenvalue weighted by Gasteiger charge is -2.11. The molecule has 0 aliphatic heterocycles. The molecule has 0 saturated carbocycles. The normalized spacial score (nSPS) is 11.3. The first-order valence-electron chi connectivity index (χ1n) is 5.62. The molecule has 20 heavy (non-hydrogen) atoms. The molecule has 0 radical (unpaired) electrons. The topological polar surface area (TPSA) is 117 Å². The van der Waals surface area contributed by atoms with Crippen molar-refractivity contribution in [2.24, 2.45) is 0 Å². The summed E-state index contributed by atoms with van der Waals surface area (Å²) in [5.74, 6) is -1.92. The fraction of sp³-hybridized carbons (Fsp3) is 0.364. The predicted octanol–water partition coefficient (Wildman–Crippen LogP) is -0.599. The van der Waals surface area contributed by atoms with Crippen LogP contribution in [0.2, 0.25) is 0 Å². The summed E-state index contributed by atoms with van der Waals surface area (Å²) < 4.78 is 24.0. The molecule has 1 heterocycles. The number of nitrogens with one attached hydrogen (secondary N) is 1. The van der Waals surface area contributed by atoms with Crippen LogP contribution in [0, 0.1) is 0 Å². The monoisotopic (exact) mass is 301 g/mol. The highest BCUT2D eigenvalue weighted by Gasteiger charge is 2.14. The van der Waals surface area contributed by atoms with Crippen LogP contribution in [0.3, 0.4) is 0 Å². The summed E-state index contributed by atoms with van der Waals surface area (Å²) in [6.45, 7) is -0.0539. The van der Waals surface area contributed by atoms with E-state index >= 15 is 0 Å². The van der Waals surface area contributed by atoms with Gasteiger partial charge in [0.25, 0.3) is 5.91 Å². The van der Waals surface area contributed by atoms with Gasteiger partial charge in [0.05, 0.1) is 11.3 Å². The van der Waals surface area contributed by atoms with E-state index in [4.69, 9.17) is 5.11 Å². The zero-order valence-electron chi connectivity index (χ0n) is 11.0. The number of aromatic nitrogens is 1. The van der Waals surface area contributed by atoms with Crippen LogP contribution in [0.5, 0.6) is 0 Å². The molecule has 1 amide bonds. The molecule has 0 fully saturated rings. The number of carbonyl (C=O) groups is 2. The van der Waals surface area contributed by atoms with Crippen LogP contribution in [-0.4, -0.2) is 61.1 Å². The number of carboxylic acid groups (broad SMARTS) is 1. The maximum absolute atomic E-state index is 11.7. The van der Waals surface area contributed by atoms with Crippen molar-refractivity contribution < 1.29 is 23.1 Å². The van der Waals surface area contributed by atoms with E-state index < -0.39 is 21.9 Å². The number of carbonyl (C=O) groups excluding carboxylic acids is 1. The highest BCUT2D eigenvalue weighted by Crippen LogP contribution is 2.00. The van der Waals surface area contributed by atoms with E-state index in [9.17, 15) is 18.0 Å². The minimum Gasteiger partial charge on any atom is -0.478 e. The quantitative estimate of drug-likeness (QED) is 0.724. The number of amides is 1. The molecule has 0 bridgehead atoms. The molecule has 1 rings (SSSR count). The molecule has 0 saturated heterocycles. The van der Waals surface area contributed by atoms with E-state index in [0.717, 1.165) is 10.5 Å². The molecular weight excluding hydrogens is 286 g/mol. The summed E-state index contributed by atoms with van der Waals surface area (Å²) in [7, 11) is -0.561. The zero-order chi connectivity index (χ0) is 15.3. The van der Waals surface area contributed by atoms with Crippen LogP contribution in [0.1, 0.15) is 20.8 Å². The molecule has 0 aromatic carbocycles. The molecule has 0 aliphatic carbocycles. The zero-order valence-corrected chi connectivity index (χ0v) is 11.8. The molecule has 0 atom stereocenters. The molecule has 0 unspecified atom stereocenters. The first-order chi connectivity index (χ1) is 9.24. The third-order valence-corrected chi connectivity index (χ3v) is 4.28. The summed E-state index contributed by atoms with van der Waals surface area (Å²) in [6.07, 6.45) is 1.06. The van der Waals surface area contributed by atoms with Crippen molar-refractivity contribution in [3.05, 3.63) is 29.6 Å². The number of aromatic carboxylic acids is 1. The van der Waals surface area contributed by atoms with Crippen LogP contribution in [0.15, 0.2) is 18.3 Å². The van der Waals surface area contributed by atoms with E-state index in [2.05, 4.69) is 10.3 Å². The minimum absolute atomic E-state index is 0.0252. The Morgan fingerprint density at radius 2 is 2.00 bits per heavy atom. The number of hydrogen-bond donors (Lipinski definition) is 2. The third kappa shape index (κ3) is 4.28. The van der Waals surface area contributed by atoms with E-state index in [1.807, 2.05) is 0 Å². The number of rotatable bonds is 6. The lowest BCUT2D eigenvalue weighted by atomic mass is 10.2. The van der Waals surface area contributed by atoms with Crippen molar-refractivity contribution in [2.45, 2.75) is 0 Å². The Kier molecular flexibility index (Phi) is 5.17. The van der Waals surface area contributed by atoms with Gasteiger partial charge in [0.1, 0.15) is 5.69 Å². The van der Waals surface area contributed by atoms with Gasteiger partial charge in [-0.1, -0.05) is 0 Å². The molecule has 9 heteroatoms. The van der Waals surface area contributed by atoms with Crippen molar-refractivity contribution in [3.8, 4) is 0 Å². The summed E-state index contributed by atoms with van der Waals surface area (Å²) in [5, 5.41) is 11.1. The molecule has 1 aromatic heterocycles. The van der Waals surface area contributed by atoms with E-state index in [1.54, 1.807) is 0 Å². The average molecular weight is 301 g/mol. The Morgan fingerprint density at radius 3 is 2.45 bits per heavy atom. The second-order valence-corrected chi connectivity index (χ2v) is 6.39.